The predicted octanol–water partition coefficient (Wildman–Crippen LogP) is 3.07. The minimum absolute atomic E-state index is 0.0285. The Morgan fingerprint density at radius 2 is 1.82 bits per heavy atom. The molecule has 3 aromatic rings. The van der Waals surface area contributed by atoms with Gasteiger partial charge in [0.25, 0.3) is 0 Å². The molecule has 2 heterocycles. The van der Waals surface area contributed by atoms with E-state index in [-0.39, 0.29) is 11.8 Å². The number of nitrogens with one attached hydrogen (secondary N) is 2. The van der Waals surface area contributed by atoms with Gasteiger partial charge in [-0.3, -0.25) is 9.48 Å². The number of amides is 1. The van der Waals surface area contributed by atoms with Gasteiger partial charge >= 0.3 is 0 Å². The maximum atomic E-state index is 12.5. The molecule has 1 unspecified atom stereocenters. The molecule has 5 nitrogen and oxygen atoms in total. The number of nitrogens with zero attached hydrogens (tertiary/aromatic N) is 2. The number of rotatable bonds is 7. The van der Waals surface area contributed by atoms with Crippen molar-refractivity contribution in [1.29, 1.82) is 0 Å². The van der Waals surface area contributed by atoms with Gasteiger partial charge in [-0.25, -0.2) is 0 Å². The van der Waals surface area contributed by atoms with Gasteiger partial charge in [-0.2, -0.15) is 5.10 Å². The Labute approximate surface area is 165 Å². The monoisotopic (exact) mass is 374 g/mol. The summed E-state index contributed by atoms with van der Waals surface area (Å²) in [6, 6.07) is 20.4. The van der Waals surface area contributed by atoms with Gasteiger partial charge in [0.2, 0.25) is 5.91 Å². The fourth-order valence-corrected chi connectivity index (χ4v) is 3.50. The highest BCUT2D eigenvalue weighted by Gasteiger charge is 2.28. The van der Waals surface area contributed by atoms with E-state index in [1.54, 1.807) is 0 Å². The van der Waals surface area contributed by atoms with Gasteiger partial charge in [0.15, 0.2) is 0 Å². The minimum atomic E-state index is 0.0285. The number of carbonyl (C=O) groups is 1. The summed E-state index contributed by atoms with van der Waals surface area (Å²) in [6.45, 7) is 5.07. The fourth-order valence-electron chi connectivity index (χ4n) is 3.50. The lowest BCUT2D eigenvalue weighted by Gasteiger charge is -2.31. The lowest BCUT2D eigenvalue weighted by Crippen LogP contribution is -2.49. The maximum Gasteiger partial charge on any atom is 0.223 e. The third-order valence-electron chi connectivity index (χ3n) is 5.46. The van der Waals surface area contributed by atoms with Crippen molar-refractivity contribution < 1.29 is 4.79 Å². The summed E-state index contributed by atoms with van der Waals surface area (Å²) in [6.07, 6.45) is 2.05. The van der Waals surface area contributed by atoms with Crippen LogP contribution in [0.3, 0.4) is 0 Å². The lowest BCUT2D eigenvalue weighted by atomic mass is 9.88. The van der Waals surface area contributed by atoms with Crippen molar-refractivity contribution in [2.75, 3.05) is 13.1 Å². The number of aromatic nitrogens is 2. The average Bonchev–Trinajstić information content (AvgIpc) is 3.09. The van der Waals surface area contributed by atoms with Gasteiger partial charge in [-0.05, 0) is 24.6 Å². The first-order chi connectivity index (χ1) is 13.7. The third kappa shape index (κ3) is 4.15. The normalized spacial score (nSPS) is 15.0. The zero-order valence-corrected chi connectivity index (χ0v) is 16.1. The Morgan fingerprint density at radius 1 is 1.14 bits per heavy atom. The Morgan fingerprint density at radius 3 is 2.46 bits per heavy atom. The summed E-state index contributed by atoms with van der Waals surface area (Å²) in [5.74, 6) is 0.580. The van der Waals surface area contributed by atoms with Crippen molar-refractivity contribution >= 4 is 5.91 Å². The van der Waals surface area contributed by atoms with Crippen molar-refractivity contribution in [1.82, 2.24) is 20.4 Å². The SMILES string of the molecule is CC(C(=O)NCc1cn(Cc2ccccc2)nc1-c1ccccc1)C1CNC1. The topological polar surface area (TPSA) is 59.0 Å². The molecule has 1 amide bonds. The average molecular weight is 374 g/mol. The van der Waals surface area contributed by atoms with Crippen molar-refractivity contribution in [3.63, 3.8) is 0 Å². The molecule has 1 saturated heterocycles. The van der Waals surface area contributed by atoms with Crippen LogP contribution in [0.15, 0.2) is 66.9 Å². The van der Waals surface area contributed by atoms with E-state index in [1.165, 1.54) is 5.56 Å². The van der Waals surface area contributed by atoms with Gasteiger partial charge in [0.1, 0.15) is 0 Å². The van der Waals surface area contributed by atoms with E-state index >= 15 is 0 Å². The molecule has 2 aromatic carbocycles. The Balaban J connectivity index is 1.53. The highest BCUT2D eigenvalue weighted by molar-refractivity contribution is 5.79. The molecule has 1 aromatic heterocycles. The van der Waals surface area contributed by atoms with Crippen molar-refractivity contribution in [2.45, 2.75) is 20.0 Å². The van der Waals surface area contributed by atoms with Gasteiger partial charge in [0, 0.05) is 29.8 Å². The van der Waals surface area contributed by atoms with Crippen molar-refractivity contribution in [3.8, 4) is 11.3 Å². The summed E-state index contributed by atoms with van der Waals surface area (Å²) >= 11 is 0. The number of benzene rings is 2. The molecular formula is C23H26N4O. The molecule has 2 N–H and O–H groups in total. The van der Waals surface area contributed by atoms with E-state index in [0.29, 0.717) is 19.0 Å². The van der Waals surface area contributed by atoms with Crippen LogP contribution in [0.5, 0.6) is 0 Å². The molecule has 1 aliphatic rings. The summed E-state index contributed by atoms with van der Waals surface area (Å²) in [4.78, 5) is 12.5. The van der Waals surface area contributed by atoms with Crippen LogP contribution in [0, 0.1) is 11.8 Å². The molecule has 0 spiro atoms. The Kier molecular flexibility index (Phi) is 5.53. The van der Waals surface area contributed by atoms with Crippen LogP contribution in [0.1, 0.15) is 18.1 Å². The highest BCUT2D eigenvalue weighted by Crippen LogP contribution is 2.23. The molecule has 0 radical (unpaired) electrons. The highest BCUT2D eigenvalue weighted by atomic mass is 16.1. The molecule has 4 rings (SSSR count). The molecule has 144 valence electrons. The molecule has 0 aliphatic carbocycles. The summed E-state index contributed by atoms with van der Waals surface area (Å²) in [7, 11) is 0. The molecule has 0 bridgehead atoms. The first-order valence-corrected chi connectivity index (χ1v) is 9.85. The quantitative estimate of drug-likeness (QED) is 0.668. The van der Waals surface area contributed by atoms with Gasteiger partial charge in [-0.1, -0.05) is 67.6 Å². The number of hydrogen-bond donors (Lipinski definition) is 2. The summed E-state index contributed by atoms with van der Waals surface area (Å²) in [5, 5.41) is 11.2. The van der Waals surface area contributed by atoms with Crippen molar-refractivity contribution in [3.05, 3.63) is 78.0 Å². The number of hydrogen-bond acceptors (Lipinski definition) is 3. The molecule has 1 fully saturated rings. The van der Waals surface area contributed by atoms with E-state index in [1.807, 2.05) is 54.2 Å². The van der Waals surface area contributed by atoms with E-state index in [4.69, 9.17) is 5.10 Å². The second kappa shape index (κ2) is 8.40. The summed E-state index contributed by atoms with van der Waals surface area (Å²) < 4.78 is 1.96. The summed E-state index contributed by atoms with van der Waals surface area (Å²) in [5.41, 5.74) is 4.23. The van der Waals surface area contributed by atoms with Crippen LogP contribution in [0.25, 0.3) is 11.3 Å². The van der Waals surface area contributed by atoms with Gasteiger partial charge < -0.3 is 10.6 Å². The lowest BCUT2D eigenvalue weighted by molar-refractivity contribution is -0.126. The van der Waals surface area contributed by atoms with E-state index in [9.17, 15) is 4.79 Å². The first kappa shape index (κ1) is 18.4. The molecular weight excluding hydrogens is 348 g/mol. The fraction of sp³-hybridized carbons (Fsp3) is 0.304. The van der Waals surface area contributed by atoms with E-state index in [0.717, 1.165) is 29.9 Å². The molecule has 5 heteroatoms. The minimum Gasteiger partial charge on any atom is -0.352 e. The molecule has 0 saturated carbocycles. The van der Waals surface area contributed by atoms with Crippen LogP contribution in [-0.4, -0.2) is 28.8 Å². The second-order valence-corrected chi connectivity index (χ2v) is 7.48. The van der Waals surface area contributed by atoms with Gasteiger partial charge in [0.05, 0.1) is 12.2 Å². The molecule has 1 aliphatic heterocycles. The van der Waals surface area contributed by atoms with Crippen molar-refractivity contribution in [2.24, 2.45) is 11.8 Å². The Hall–Kier alpha value is -2.92. The first-order valence-electron chi connectivity index (χ1n) is 9.85. The molecule has 1 atom stereocenters. The second-order valence-electron chi connectivity index (χ2n) is 7.48. The third-order valence-corrected chi connectivity index (χ3v) is 5.46. The van der Waals surface area contributed by atoms with Crippen LogP contribution < -0.4 is 10.6 Å². The van der Waals surface area contributed by atoms with Crippen LogP contribution in [0.4, 0.5) is 0 Å². The van der Waals surface area contributed by atoms with Crippen LogP contribution in [-0.2, 0) is 17.9 Å². The number of carbonyl (C=O) groups excluding carboxylic acids is 1. The van der Waals surface area contributed by atoms with E-state index in [2.05, 4.69) is 34.9 Å². The molecule has 28 heavy (non-hydrogen) atoms. The predicted molar refractivity (Wildman–Crippen MR) is 111 cm³/mol. The van der Waals surface area contributed by atoms with Crippen LogP contribution >= 0.6 is 0 Å². The van der Waals surface area contributed by atoms with Gasteiger partial charge in [-0.15, -0.1) is 0 Å². The van der Waals surface area contributed by atoms with E-state index < -0.39 is 0 Å². The zero-order valence-electron chi connectivity index (χ0n) is 16.1. The largest absolute Gasteiger partial charge is 0.352 e. The van der Waals surface area contributed by atoms with Crippen LogP contribution in [0.2, 0.25) is 0 Å². The smallest absolute Gasteiger partial charge is 0.223 e. The standard InChI is InChI=1S/C23H26N4O/c1-17(20-12-24-13-20)23(28)25-14-21-16-27(15-18-8-4-2-5-9-18)26-22(21)19-10-6-3-7-11-19/h2-11,16-17,20,24H,12-15H2,1H3,(H,25,28). The zero-order chi connectivity index (χ0) is 19.3. The maximum absolute atomic E-state index is 12.5. The Bertz CT molecular complexity index is 916.